The molecule has 2 aromatic rings. The average molecular weight is 417 g/mol. The van der Waals surface area contributed by atoms with Gasteiger partial charge in [0.2, 0.25) is 0 Å². The van der Waals surface area contributed by atoms with Crippen LogP contribution in [0.3, 0.4) is 0 Å². The first-order valence-electron chi connectivity index (χ1n) is 9.45. The van der Waals surface area contributed by atoms with E-state index in [1.165, 1.54) is 11.1 Å². The van der Waals surface area contributed by atoms with Crippen molar-refractivity contribution in [3.8, 4) is 5.75 Å². The summed E-state index contributed by atoms with van der Waals surface area (Å²) >= 11 is 1.59. The number of anilines is 1. The van der Waals surface area contributed by atoms with E-state index in [9.17, 15) is 8.42 Å². The number of thioether (sulfide) groups is 1. The molecular formula is C21H24N2O3S2. The van der Waals surface area contributed by atoms with Gasteiger partial charge in [-0.1, -0.05) is 36.0 Å². The summed E-state index contributed by atoms with van der Waals surface area (Å²) in [5, 5.41) is 0.930. The maximum absolute atomic E-state index is 11.9. The van der Waals surface area contributed by atoms with Gasteiger partial charge in [0, 0.05) is 10.9 Å². The number of hydrogen-bond donors (Lipinski definition) is 0. The number of aliphatic imine (C=N–C) groups is 1. The molecule has 1 saturated heterocycles. The van der Waals surface area contributed by atoms with Gasteiger partial charge in [0.25, 0.3) is 0 Å². The van der Waals surface area contributed by atoms with Gasteiger partial charge in [-0.3, -0.25) is 4.99 Å². The largest absolute Gasteiger partial charge is 0.494 e. The number of sulfone groups is 1. The van der Waals surface area contributed by atoms with Crippen LogP contribution in [-0.2, 0) is 16.4 Å². The molecule has 2 heterocycles. The number of fused-ring (bicyclic) bond motifs is 1. The molecule has 0 radical (unpaired) electrons. The number of aryl methyl sites for hydroxylation is 1. The predicted molar refractivity (Wildman–Crippen MR) is 116 cm³/mol. The SMILES string of the molecule is CCOc1ccc(N(Cc2ccccc2C)C2=N[C@@H]3CS(=O)(=O)C[C@H]3S2)cc1. The van der Waals surface area contributed by atoms with E-state index in [2.05, 4.69) is 24.0 Å². The number of nitrogens with zero attached hydrogens (tertiary/aromatic N) is 2. The Kier molecular flexibility index (Phi) is 5.38. The van der Waals surface area contributed by atoms with Crippen molar-refractivity contribution in [2.45, 2.75) is 31.7 Å². The number of rotatable bonds is 5. The first kappa shape index (κ1) is 19.3. The quantitative estimate of drug-likeness (QED) is 0.744. The molecule has 2 aliphatic heterocycles. The summed E-state index contributed by atoms with van der Waals surface area (Å²) in [6.45, 7) is 5.40. The highest BCUT2D eigenvalue weighted by Gasteiger charge is 2.44. The van der Waals surface area contributed by atoms with Gasteiger partial charge in [-0.25, -0.2) is 8.42 Å². The Labute approximate surface area is 170 Å². The summed E-state index contributed by atoms with van der Waals surface area (Å²) in [5.41, 5.74) is 3.48. The van der Waals surface area contributed by atoms with Crippen molar-refractivity contribution in [1.82, 2.24) is 0 Å². The Morgan fingerprint density at radius 1 is 1.14 bits per heavy atom. The lowest BCUT2D eigenvalue weighted by Crippen LogP contribution is -2.28. The third-order valence-corrected chi connectivity index (χ3v) is 8.33. The Bertz CT molecular complexity index is 987. The Morgan fingerprint density at radius 2 is 1.89 bits per heavy atom. The molecule has 5 nitrogen and oxygen atoms in total. The molecule has 0 aromatic heterocycles. The van der Waals surface area contributed by atoms with Gasteiger partial charge in [0.15, 0.2) is 15.0 Å². The van der Waals surface area contributed by atoms with Crippen LogP contribution >= 0.6 is 11.8 Å². The normalized spacial score (nSPS) is 22.6. The molecule has 2 atom stereocenters. The van der Waals surface area contributed by atoms with Crippen molar-refractivity contribution in [2.24, 2.45) is 4.99 Å². The smallest absolute Gasteiger partial charge is 0.164 e. The molecule has 2 aromatic carbocycles. The molecule has 0 aliphatic carbocycles. The fourth-order valence-electron chi connectivity index (χ4n) is 3.59. The third kappa shape index (κ3) is 4.05. The zero-order valence-electron chi connectivity index (χ0n) is 16.0. The molecule has 0 amide bonds. The highest BCUT2D eigenvalue weighted by Crippen LogP contribution is 2.37. The molecule has 7 heteroatoms. The Balaban J connectivity index is 1.65. The van der Waals surface area contributed by atoms with Crippen LogP contribution in [0.25, 0.3) is 0 Å². The molecule has 0 saturated carbocycles. The van der Waals surface area contributed by atoms with Crippen LogP contribution in [0.5, 0.6) is 5.75 Å². The molecule has 0 unspecified atom stereocenters. The van der Waals surface area contributed by atoms with Gasteiger partial charge < -0.3 is 9.64 Å². The van der Waals surface area contributed by atoms with Crippen LogP contribution in [0.4, 0.5) is 5.69 Å². The molecule has 0 N–H and O–H groups in total. The highest BCUT2D eigenvalue weighted by molar-refractivity contribution is 8.15. The molecule has 0 spiro atoms. The zero-order valence-corrected chi connectivity index (χ0v) is 17.7. The van der Waals surface area contributed by atoms with Gasteiger partial charge in [0.1, 0.15) is 5.75 Å². The lowest BCUT2D eigenvalue weighted by atomic mass is 10.1. The van der Waals surface area contributed by atoms with E-state index in [1.807, 2.05) is 43.3 Å². The van der Waals surface area contributed by atoms with Crippen LogP contribution in [0.2, 0.25) is 0 Å². The first-order chi connectivity index (χ1) is 13.4. The second-order valence-corrected chi connectivity index (χ2v) is 10.5. The van der Waals surface area contributed by atoms with E-state index in [-0.39, 0.29) is 22.8 Å². The minimum atomic E-state index is -2.96. The van der Waals surface area contributed by atoms with E-state index in [0.29, 0.717) is 13.2 Å². The summed E-state index contributed by atoms with van der Waals surface area (Å²) in [6, 6.07) is 16.2. The maximum atomic E-state index is 11.9. The average Bonchev–Trinajstić information content (AvgIpc) is 3.15. The van der Waals surface area contributed by atoms with Crippen molar-refractivity contribution in [2.75, 3.05) is 23.0 Å². The number of amidine groups is 1. The van der Waals surface area contributed by atoms with Crippen LogP contribution in [0, 0.1) is 6.92 Å². The molecule has 148 valence electrons. The molecule has 28 heavy (non-hydrogen) atoms. The fourth-order valence-corrected chi connectivity index (χ4v) is 7.37. The Morgan fingerprint density at radius 3 is 2.57 bits per heavy atom. The van der Waals surface area contributed by atoms with Crippen molar-refractivity contribution < 1.29 is 13.2 Å². The van der Waals surface area contributed by atoms with Gasteiger partial charge in [0.05, 0.1) is 30.7 Å². The monoisotopic (exact) mass is 416 g/mol. The molecule has 2 aliphatic rings. The summed E-state index contributed by atoms with van der Waals surface area (Å²) in [4.78, 5) is 6.99. The number of hydrogen-bond acceptors (Lipinski definition) is 6. The lowest BCUT2D eigenvalue weighted by Gasteiger charge is -2.25. The fraction of sp³-hybridized carbons (Fsp3) is 0.381. The number of benzene rings is 2. The van der Waals surface area contributed by atoms with E-state index in [1.54, 1.807) is 11.8 Å². The highest BCUT2D eigenvalue weighted by atomic mass is 32.2. The van der Waals surface area contributed by atoms with Gasteiger partial charge in [-0.2, -0.15) is 0 Å². The molecule has 4 rings (SSSR count). The minimum Gasteiger partial charge on any atom is -0.494 e. The van der Waals surface area contributed by atoms with Gasteiger partial charge >= 0.3 is 0 Å². The van der Waals surface area contributed by atoms with E-state index >= 15 is 0 Å². The standard InChI is InChI=1S/C21H24N2O3S2/c1-3-26-18-10-8-17(9-11-18)23(12-16-7-5-4-6-15(16)2)21-22-19-13-28(24,25)14-20(19)27-21/h4-11,19-20H,3,12-14H2,1-2H3/t19-,20-/m1/s1. The molecular weight excluding hydrogens is 392 g/mol. The van der Waals surface area contributed by atoms with Crippen LogP contribution in [-0.4, -0.2) is 43.0 Å². The van der Waals surface area contributed by atoms with Crippen molar-refractivity contribution in [1.29, 1.82) is 0 Å². The van der Waals surface area contributed by atoms with Crippen LogP contribution in [0.15, 0.2) is 53.5 Å². The zero-order chi connectivity index (χ0) is 19.7. The van der Waals surface area contributed by atoms with E-state index < -0.39 is 9.84 Å². The molecule has 1 fully saturated rings. The van der Waals surface area contributed by atoms with E-state index in [4.69, 9.17) is 9.73 Å². The van der Waals surface area contributed by atoms with Crippen LogP contribution < -0.4 is 9.64 Å². The van der Waals surface area contributed by atoms with Crippen LogP contribution in [0.1, 0.15) is 18.1 Å². The summed E-state index contributed by atoms with van der Waals surface area (Å²) in [5.74, 6) is 1.22. The second-order valence-electron chi connectivity index (χ2n) is 7.15. The lowest BCUT2D eigenvalue weighted by molar-refractivity contribution is 0.340. The summed E-state index contributed by atoms with van der Waals surface area (Å²) < 4.78 is 29.4. The van der Waals surface area contributed by atoms with Gasteiger partial charge in [-0.15, -0.1) is 0 Å². The van der Waals surface area contributed by atoms with E-state index in [0.717, 1.165) is 16.6 Å². The minimum absolute atomic E-state index is 0.0297. The summed E-state index contributed by atoms with van der Waals surface area (Å²) in [7, 11) is -2.96. The van der Waals surface area contributed by atoms with Crippen molar-refractivity contribution in [3.63, 3.8) is 0 Å². The summed E-state index contributed by atoms with van der Waals surface area (Å²) in [6.07, 6.45) is 0. The third-order valence-electron chi connectivity index (χ3n) is 5.09. The van der Waals surface area contributed by atoms with Crippen molar-refractivity contribution in [3.05, 3.63) is 59.7 Å². The number of ether oxygens (including phenoxy) is 1. The predicted octanol–water partition coefficient (Wildman–Crippen LogP) is 3.67. The maximum Gasteiger partial charge on any atom is 0.164 e. The topological polar surface area (TPSA) is 59.0 Å². The first-order valence-corrected chi connectivity index (χ1v) is 12.1. The van der Waals surface area contributed by atoms with Gasteiger partial charge in [-0.05, 0) is 49.2 Å². The second kappa shape index (κ2) is 7.79. The Hall–Kier alpha value is -1.99. The molecule has 0 bridgehead atoms. The van der Waals surface area contributed by atoms with Crippen molar-refractivity contribution >= 4 is 32.5 Å².